The molecule has 0 spiro atoms. The van der Waals surface area contributed by atoms with E-state index in [1.54, 1.807) is 12.1 Å². The Kier molecular flexibility index (Phi) is 7.07. The Labute approximate surface area is 202 Å². The number of nitrogens with zero attached hydrogens (tertiary/aromatic N) is 2. The van der Waals surface area contributed by atoms with Crippen LogP contribution in [0.3, 0.4) is 0 Å². The van der Waals surface area contributed by atoms with Crippen LogP contribution < -0.4 is 14.8 Å². The van der Waals surface area contributed by atoms with Crippen molar-refractivity contribution in [1.82, 2.24) is 4.31 Å². The summed E-state index contributed by atoms with van der Waals surface area (Å²) in [5.41, 5.74) is 0.841. The van der Waals surface area contributed by atoms with E-state index in [-0.39, 0.29) is 4.90 Å². The average Bonchev–Trinajstić information content (AvgIpc) is 2.85. The van der Waals surface area contributed by atoms with Crippen molar-refractivity contribution in [2.45, 2.75) is 14.7 Å². The maximum Gasteiger partial charge on any atom is 0.243 e. The van der Waals surface area contributed by atoms with Crippen LogP contribution in [0.15, 0.2) is 81.4 Å². The molecule has 0 atom stereocenters. The first-order chi connectivity index (χ1) is 16.4. The van der Waals surface area contributed by atoms with Crippen LogP contribution in [0.5, 0.6) is 11.5 Å². The van der Waals surface area contributed by atoms with Crippen molar-refractivity contribution in [3.05, 3.63) is 72.3 Å². The highest BCUT2D eigenvalue weighted by atomic mass is 32.2. The predicted molar refractivity (Wildman–Crippen MR) is 128 cm³/mol. The SMILES string of the molecule is CN(CC(=O)Nc1cc2c(cc1Sc1ccccc1)OCCO2)S(=O)(=O)c1ccc(C#N)cc1. The third kappa shape index (κ3) is 5.34. The van der Waals surface area contributed by atoms with Crippen LogP contribution in [0.4, 0.5) is 5.69 Å². The third-order valence-corrected chi connectivity index (χ3v) is 7.83. The molecule has 34 heavy (non-hydrogen) atoms. The number of hydrogen-bond acceptors (Lipinski definition) is 7. The lowest BCUT2D eigenvalue weighted by atomic mass is 10.2. The number of likely N-dealkylation sites (N-methyl/N-ethyl adjacent to an activating group) is 1. The van der Waals surface area contributed by atoms with E-state index in [9.17, 15) is 13.2 Å². The zero-order valence-corrected chi connectivity index (χ0v) is 19.9. The molecule has 174 valence electrons. The number of nitrogens with one attached hydrogen (secondary N) is 1. The number of fused-ring (bicyclic) bond motifs is 1. The molecule has 1 aliphatic rings. The average molecular weight is 496 g/mol. The third-order valence-electron chi connectivity index (χ3n) is 4.95. The highest BCUT2D eigenvalue weighted by Gasteiger charge is 2.24. The van der Waals surface area contributed by atoms with Crippen molar-refractivity contribution in [2.75, 3.05) is 32.1 Å². The van der Waals surface area contributed by atoms with Crippen molar-refractivity contribution in [3.8, 4) is 17.6 Å². The van der Waals surface area contributed by atoms with Crippen LogP contribution >= 0.6 is 11.8 Å². The number of carbonyl (C=O) groups is 1. The van der Waals surface area contributed by atoms with Gasteiger partial charge in [0.15, 0.2) is 11.5 Å². The molecule has 0 aliphatic carbocycles. The maximum absolute atomic E-state index is 12.8. The number of sulfonamides is 1. The summed E-state index contributed by atoms with van der Waals surface area (Å²) >= 11 is 1.45. The Bertz CT molecular complexity index is 1340. The van der Waals surface area contributed by atoms with Crippen LogP contribution in [-0.4, -0.2) is 45.4 Å². The number of amides is 1. The molecule has 0 bridgehead atoms. The maximum atomic E-state index is 12.8. The second-order valence-electron chi connectivity index (χ2n) is 7.35. The second kappa shape index (κ2) is 10.2. The van der Waals surface area contributed by atoms with Crippen molar-refractivity contribution < 1.29 is 22.7 Å². The van der Waals surface area contributed by atoms with Gasteiger partial charge in [-0.15, -0.1) is 0 Å². The summed E-state index contributed by atoms with van der Waals surface area (Å²) < 4.78 is 38.0. The zero-order valence-electron chi connectivity index (χ0n) is 18.2. The summed E-state index contributed by atoms with van der Waals surface area (Å²) in [5.74, 6) is 0.590. The normalized spacial score (nSPS) is 12.7. The van der Waals surface area contributed by atoms with Gasteiger partial charge in [-0.2, -0.15) is 9.57 Å². The van der Waals surface area contributed by atoms with Crippen molar-refractivity contribution in [1.29, 1.82) is 5.26 Å². The molecule has 1 amide bonds. The van der Waals surface area contributed by atoms with Crippen LogP contribution in [0.25, 0.3) is 0 Å². The Morgan fingerprint density at radius 3 is 2.35 bits per heavy atom. The lowest BCUT2D eigenvalue weighted by Crippen LogP contribution is -2.35. The summed E-state index contributed by atoms with van der Waals surface area (Å²) in [6.45, 7) is 0.440. The molecule has 1 N–H and O–H groups in total. The molecule has 3 aromatic carbocycles. The largest absolute Gasteiger partial charge is 0.486 e. The molecule has 1 aliphatic heterocycles. The molecular formula is C24H21N3O5S2. The molecule has 4 rings (SSSR count). The Balaban J connectivity index is 1.54. The van der Waals surface area contributed by atoms with Gasteiger partial charge in [0.05, 0.1) is 28.8 Å². The fraction of sp³-hybridized carbons (Fsp3) is 0.167. The number of rotatable bonds is 7. The zero-order chi connectivity index (χ0) is 24.1. The van der Waals surface area contributed by atoms with Crippen LogP contribution in [-0.2, 0) is 14.8 Å². The van der Waals surface area contributed by atoms with Gasteiger partial charge >= 0.3 is 0 Å². The van der Waals surface area contributed by atoms with Crippen LogP contribution in [0.2, 0.25) is 0 Å². The molecule has 3 aromatic rings. The van der Waals surface area contributed by atoms with Crippen LogP contribution in [0, 0.1) is 11.3 Å². The fourth-order valence-corrected chi connectivity index (χ4v) is 5.29. The first kappa shape index (κ1) is 23.6. The molecule has 8 nitrogen and oxygen atoms in total. The van der Waals surface area contributed by atoms with Gasteiger partial charge in [0.25, 0.3) is 0 Å². The minimum atomic E-state index is -3.91. The van der Waals surface area contributed by atoms with E-state index in [1.165, 1.54) is 43.1 Å². The fourth-order valence-electron chi connectivity index (χ4n) is 3.23. The van der Waals surface area contributed by atoms with Crippen molar-refractivity contribution in [2.24, 2.45) is 0 Å². The topological polar surface area (TPSA) is 109 Å². The summed E-state index contributed by atoms with van der Waals surface area (Å²) in [7, 11) is -2.58. The molecule has 0 saturated heterocycles. The summed E-state index contributed by atoms with van der Waals surface area (Å²) in [5, 5.41) is 11.7. The van der Waals surface area contributed by atoms with E-state index in [0.717, 1.165) is 14.1 Å². The van der Waals surface area contributed by atoms with Crippen LogP contribution in [0.1, 0.15) is 5.56 Å². The molecule has 0 saturated carbocycles. The van der Waals surface area contributed by atoms with Gasteiger partial charge in [0.2, 0.25) is 15.9 Å². The highest BCUT2D eigenvalue weighted by molar-refractivity contribution is 7.99. The summed E-state index contributed by atoms with van der Waals surface area (Å²) in [4.78, 5) is 14.5. The van der Waals surface area contributed by atoms with Gasteiger partial charge in [-0.1, -0.05) is 30.0 Å². The molecule has 0 unspecified atom stereocenters. The van der Waals surface area contributed by atoms with Gasteiger partial charge in [-0.05, 0) is 36.4 Å². The number of benzene rings is 3. The molecule has 0 fully saturated rings. The minimum Gasteiger partial charge on any atom is -0.486 e. The highest BCUT2D eigenvalue weighted by Crippen LogP contribution is 2.42. The summed E-state index contributed by atoms with van der Waals surface area (Å²) in [6.07, 6.45) is 0. The quantitative estimate of drug-likeness (QED) is 0.532. The molecular weight excluding hydrogens is 474 g/mol. The van der Waals surface area contributed by atoms with Gasteiger partial charge in [0.1, 0.15) is 13.2 Å². The van der Waals surface area contributed by atoms with E-state index in [1.807, 2.05) is 36.4 Å². The lowest BCUT2D eigenvalue weighted by molar-refractivity contribution is -0.116. The van der Waals surface area contributed by atoms with Gasteiger partial charge in [-0.3, -0.25) is 4.79 Å². The van der Waals surface area contributed by atoms with Gasteiger partial charge in [-0.25, -0.2) is 8.42 Å². The standard InChI is InChI=1S/C24H21N3O5S2/c1-27(34(29,30)19-9-7-17(15-25)8-10-19)16-24(28)26-20-13-21-22(32-12-11-31-21)14-23(20)33-18-5-3-2-4-6-18/h2-10,13-14H,11-12,16H2,1H3,(H,26,28). The molecule has 10 heteroatoms. The van der Waals surface area contributed by atoms with E-state index >= 15 is 0 Å². The smallest absolute Gasteiger partial charge is 0.243 e. The molecule has 0 aromatic heterocycles. The first-order valence-corrected chi connectivity index (χ1v) is 12.6. The first-order valence-electron chi connectivity index (χ1n) is 10.3. The van der Waals surface area contributed by atoms with E-state index < -0.39 is 22.5 Å². The second-order valence-corrected chi connectivity index (χ2v) is 10.5. The van der Waals surface area contributed by atoms with Gasteiger partial charge < -0.3 is 14.8 Å². The van der Waals surface area contributed by atoms with E-state index in [0.29, 0.717) is 36.0 Å². The Morgan fingerprint density at radius 2 is 1.71 bits per heavy atom. The summed E-state index contributed by atoms with van der Waals surface area (Å²) in [6, 6.07) is 20.6. The van der Waals surface area contributed by atoms with Gasteiger partial charge in [0, 0.05) is 29.0 Å². The number of hydrogen-bond donors (Lipinski definition) is 1. The van der Waals surface area contributed by atoms with Crippen molar-refractivity contribution in [3.63, 3.8) is 0 Å². The molecule has 1 heterocycles. The van der Waals surface area contributed by atoms with E-state index in [4.69, 9.17) is 14.7 Å². The number of ether oxygens (including phenoxy) is 2. The number of nitriles is 1. The Hall–Kier alpha value is -3.52. The number of carbonyl (C=O) groups excluding carboxylic acids is 1. The van der Waals surface area contributed by atoms with Crippen molar-refractivity contribution >= 4 is 33.4 Å². The predicted octanol–water partition coefficient (Wildman–Crippen LogP) is 3.74. The monoisotopic (exact) mass is 495 g/mol. The lowest BCUT2D eigenvalue weighted by Gasteiger charge is -2.22. The van der Waals surface area contributed by atoms with E-state index in [2.05, 4.69) is 5.32 Å². The Morgan fingerprint density at radius 1 is 1.06 bits per heavy atom. The minimum absolute atomic E-state index is 0.00134. The molecule has 0 radical (unpaired) electrons. The number of anilines is 1.